The fourth-order valence-electron chi connectivity index (χ4n) is 7.00. The van der Waals surface area contributed by atoms with Crippen molar-refractivity contribution in [2.45, 2.75) is 97.0 Å². The number of fused-ring (bicyclic) bond motifs is 2. The van der Waals surface area contributed by atoms with Crippen LogP contribution in [0.4, 0.5) is 4.39 Å². The van der Waals surface area contributed by atoms with Crippen molar-refractivity contribution < 1.29 is 37.7 Å². The molecule has 3 saturated carbocycles. The Morgan fingerprint density at radius 2 is 1.66 bits per heavy atom. The minimum Gasteiger partial charge on any atom is -0.496 e. The lowest BCUT2D eigenvalue weighted by molar-refractivity contribution is -0.169. The van der Waals surface area contributed by atoms with Crippen molar-refractivity contribution in [2.24, 2.45) is 23.2 Å². The molecule has 3 aliphatic rings. The lowest BCUT2D eigenvalue weighted by Gasteiger charge is -2.37. The molecule has 1 amide bonds. The number of amides is 1. The van der Waals surface area contributed by atoms with Gasteiger partial charge in [-0.15, -0.1) is 0 Å². The molecule has 0 unspecified atom stereocenters. The van der Waals surface area contributed by atoms with Crippen LogP contribution in [0.5, 0.6) is 11.5 Å². The molecular weight excluding hydrogens is 565 g/mol. The molecule has 1 N–H and O–H groups in total. The van der Waals surface area contributed by atoms with Gasteiger partial charge in [-0.1, -0.05) is 30.3 Å². The number of halogens is 1. The molecule has 3 fully saturated rings. The number of hydrogen-bond acceptors (Lipinski definition) is 7. The number of esters is 2. The number of carbonyl (C=O) groups is 3. The van der Waals surface area contributed by atoms with Crippen LogP contribution < -0.4 is 14.8 Å². The van der Waals surface area contributed by atoms with Gasteiger partial charge in [-0.3, -0.25) is 14.4 Å². The molecule has 0 radical (unpaired) electrons. The molecule has 0 aromatic heterocycles. The highest BCUT2D eigenvalue weighted by molar-refractivity contribution is 5.98. The minimum absolute atomic E-state index is 0.0476. The number of rotatable bonds is 9. The van der Waals surface area contributed by atoms with Gasteiger partial charge in [0.2, 0.25) is 0 Å². The standard InChI is InChI=1S/C35H44FNO7/c1-34(2,3)44-33(40)35(4)15-13-24(14-16-35)43-28-18-25(27(41-5)19-26(28)36)31(38)37-30-23-12-11-22(17-23)29(30)32(39)42-20-21-9-7-6-8-10-21/h6-10,18-19,22-24,29-30H,11-17,20H2,1-5H3,(H,37,38)/t22-,23+,24?,29+,30-,35?/m1/s1. The number of benzene rings is 2. The summed E-state index contributed by atoms with van der Waals surface area (Å²) in [6.45, 7) is 7.61. The molecule has 5 rings (SSSR count). The molecule has 44 heavy (non-hydrogen) atoms. The first-order valence-electron chi connectivity index (χ1n) is 15.7. The number of hydrogen-bond donors (Lipinski definition) is 1. The summed E-state index contributed by atoms with van der Waals surface area (Å²) in [6.07, 6.45) is 4.56. The Kier molecular flexibility index (Phi) is 9.23. The van der Waals surface area contributed by atoms with Crippen LogP contribution in [-0.4, -0.2) is 42.7 Å². The molecule has 2 aromatic rings. The molecule has 0 spiro atoms. The third kappa shape index (κ3) is 7.02. The Bertz CT molecular complexity index is 1360. The molecule has 8 nitrogen and oxygen atoms in total. The molecule has 0 aliphatic heterocycles. The first kappa shape index (κ1) is 31.8. The largest absolute Gasteiger partial charge is 0.496 e. The van der Waals surface area contributed by atoms with E-state index >= 15 is 4.39 Å². The van der Waals surface area contributed by atoms with E-state index in [1.165, 1.54) is 13.2 Å². The summed E-state index contributed by atoms with van der Waals surface area (Å²) >= 11 is 0. The summed E-state index contributed by atoms with van der Waals surface area (Å²) in [5.41, 5.74) is -0.161. The van der Waals surface area contributed by atoms with Crippen molar-refractivity contribution in [2.75, 3.05) is 7.11 Å². The molecule has 0 heterocycles. The summed E-state index contributed by atoms with van der Waals surface area (Å²) < 4.78 is 37.9. The van der Waals surface area contributed by atoms with Crippen molar-refractivity contribution in [3.63, 3.8) is 0 Å². The SMILES string of the molecule is COc1cc(F)c(OC2CCC(C)(C(=O)OC(C)(C)C)CC2)cc1C(=O)N[C@@H]1[C@H]2CC[C@H](C2)[C@@H]1C(=O)OCc1ccccc1. The average Bonchev–Trinajstić information content (AvgIpc) is 3.59. The summed E-state index contributed by atoms with van der Waals surface area (Å²) in [4.78, 5) is 39.7. The van der Waals surface area contributed by atoms with E-state index in [-0.39, 0.29) is 59.6 Å². The average molecular weight is 610 g/mol. The van der Waals surface area contributed by atoms with Crippen LogP contribution >= 0.6 is 0 Å². The smallest absolute Gasteiger partial charge is 0.312 e. The molecule has 3 aliphatic carbocycles. The van der Waals surface area contributed by atoms with Gasteiger partial charge in [0.25, 0.3) is 5.91 Å². The van der Waals surface area contributed by atoms with E-state index in [4.69, 9.17) is 18.9 Å². The topological polar surface area (TPSA) is 100 Å². The number of carbonyl (C=O) groups excluding carboxylic acids is 3. The maximum Gasteiger partial charge on any atom is 0.312 e. The van der Waals surface area contributed by atoms with Crippen LogP contribution in [0.1, 0.15) is 88.6 Å². The van der Waals surface area contributed by atoms with Crippen molar-refractivity contribution in [3.8, 4) is 11.5 Å². The van der Waals surface area contributed by atoms with Crippen molar-refractivity contribution in [1.82, 2.24) is 5.32 Å². The summed E-state index contributed by atoms with van der Waals surface area (Å²) in [5.74, 6) is -1.72. The zero-order valence-corrected chi connectivity index (χ0v) is 26.3. The molecular formula is C35H44FNO7. The Labute approximate surface area is 259 Å². The van der Waals surface area contributed by atoms with Gasteiger partial charge in [0.15, 0.2) is 11.6 Å². The lowest BCUT2D eigenvalue weighted by Crippen LogP contribution is -2.47. The van der Waals surface area contributed by atoms with E-state index in [0.717, 1.165) is 30.9 Å². The second-order valence-corrected chi connectivity index (χ2v) is 13.8. The Morgan fingerprint density at radius 1 is 0.977 bits per heavy atom. The van der Waals surface area contributed by atoms with Crippen molar-refractivity contribution in [1.29, 1.82) is 0 Å². The molecule has 238 valence electrons. The van der Waals surface area contributed by atoms with E-state index in [0.29, 0.717) is 25.7 Å². The predicted octanol–water partition coefficient (Wildman–Crippen LogP) is 6.39. The highest BCUT2D eigenvalue weighted by Gasteiger charge is 2.52. The van der Waals surface area contributed by atoms with Crippen LogP contribution in [-0.2, 0) is 25.7 Å². The first-order valence-corrected chi connectivity index (χ1v) is 15.7. The van der Waals surface area contributed by atoms with E-state index in [9.17, 15) is 14.4 Å². The fraction of sp³-hybridized carbons (Fsp3) is 0.571. The highest BCUT2D eigenvalue weighted by atomic mass is 19.1. The van der Waals surface area contributed by atoms with E-state index in [1.54, 1.807) is 0 Å². The van der Waals surface area contributed by atoms with E-state index in [1.807, 2.05) is 58.0 Å². The quantitative estimate of drug-likeness (QED) is 0.329. The number of methoxy groups -OCH3 is 1. The van der Waals surface area contributed by atoms with E-state index in [2.05, 4.69) is 5.32 Å². The zero-order valence-electron chi connectivity index (χ0n) is 26.3. The fourth-order valence-corrected chi connectivity index (χ4v) is 7.00. The van der Waals surface area contributed by atoms with Crippen LogP contribution in [0.2, 0.25) is 0 Å². The maximum absolute atomic E-state index is 15.1. The van der Waals surface area contributed by atoms with Crippen LogP contribution in [0.15, 0.2) is 42.5 Å². The lowest BCUT2D eigenvalue weighted by atomic mass is 9.74. The van der Waals surface area contributed by atoms with Gasteiger partial charge in [0.1, 0.15) is 18.0 Å². The Hall–Kier alpha value is -3.62. The van der Waals surface area contributed by atoms with Gasteiger partial charge >= 0.3 is 11.9 Å². The van der Waals surface area contributed by atoms with Gasteiger partial charge in [-0.25, -0.2) is 4.39 Å². The van der Waals surface area contributed by atoms with Crippen molar-refractivity contribution >= 4 is 17.8 Å². The first-order chi connectivity index (χ1) is 20.9. The van der Waals surface area contributed by atoms with Crippen LogP contribution in [0.25, 0.3) is 0 Å². The predicted molar refractivity (Wildman–Crippen MR) is 162 cm³/mol. The van der Waals surface area contributed by atoms with Crippen LogP contribution in [0, 0.1) is 29.0 Å². The Morgan fingerprint density at radius 3 is 2.32 bits per heavy atom. The zero-order chi connectivity index (χ0) is 31.6. The molecule has 9 heteroatoms. The van der Waals surface area contributed by atoms with E-state index < -0.39 is 28.7 Å². The monoisotopic (exact) mass is 609 g/mol. The third-order valence-electron chi connectivity index (χ3n) is 9.43. The van der Waals surface area contributed by atoms with Gasteiger partial charge in [-0.05, 0) is 96.1 Å². The van der Waals surface area contributed by atoms with Gasteiger partial charge < -0.3 is 24.3 Å². The van der Waals surface area contributed by atoms with Crippen LogP contribution in [0.3, 0.4) is 0 Å². The normalized spacial score (nSPS) is 27.8. The van der Waals surface area contributed by atoms with Gasteiger partial charge in [0, 0.05) is 12.1 Å². The second-order valence-electron chi connectivity index (χ2n) is 13.8. The summed E-state index contributed by atoms with van der Waals surface area (Å²) in [5, 5.41) is 3.07. The van der Waals surface area contributed by atoms with Crippen molar-refractivity contribution in [3.05, 3.63) is 59.4 Å². The van der Waals surface area contributed by atoms with Gasteiger partial charge in [-0.2, -0.15) is 0 Å². The summed E-state index contributed by atoms with van der Waals surface area (Å²) in [7, 11) is 1.38. The molecule has 0 saturated heterocycles. The van der Waals surface area contributed by atoms with Gasteiger partial charge in [0.05, 0.1) is 30.1 Å². The summed E-state index contributed by atoms with van der Waals surface area (Å²) in [6, 6.07) is 11.7. The minimum atomic E-state index is -0.638. The molecule has 2 aromatic carbocycles. The Balaban J connectivity index is 1.25. The highest BCUT2D eigenvalue weighted by Crippen LogP contribution is 2.49. The number of ether oxygens (including phenoxy) is 4. The third-order valence-corrected chi connectivity index (χ3v) is 9.43. The molecule has 2 bridgehead atoms. The maximum atomic E-state index is 15.1. The molecule has 4 atom stereocenters. The number of nitrogens with one attached hydrogen (secondary N) is 1. The second kappa shape index (κ2) is 12.8.